The number of unbranched alkanes of at least 4 members (excludes halogenated alkanes) is 1. The fraction of sp³-hybridized carbons (Fsp3) is 0.300. The lowest BCUT2D eigenvalue weighted by Crippen LogP contribution is -2.11. The Labute approximate surface area is 147 Å². The van der Waals surface area contributed by atoms with Gasteiger partial charge < -0.3 is 14.2 Å². The number of ether oxygens (including phenoxy) is 3. The first-order valence-electron chi connectivity index (χ1n) is 8.36. The Hall–Kier alpha value is -2.82. The van der Waals surface area contributed by atoms with Gasteiger partial charge in [0.1, 0.15) is 11.5 Å². The number of carbonyl (C=O) groups excluding carboxylic acids is 2. The van der Waals surface area contributed by atoms with E-state index in [9.17, 15) is 9.59 Å². The third-order valence-corrected chi connectivity index (χ3v) is 3.46. The van der Waals surface area contributed by atoms with Gasteiger partial charge in [0, 0.05) is 11.1 Å². The molecule has 0 unspecified atom stereocenters. The Morgan fingerprint density at radius 1 is 0.840 bits per heavy atom. The maximum absolute atomic E-state index is 12.5. The fourth-order valence-corrected chi connectivity index (χ4v) is 2.14. The minimum Gasteiger partial charge on any atom is -0.494 e. The van der Waals surface area contributed by atoms with Crippen molar-refractivity contribution in [2.45, 2.75) is 26.7 Å². The third-order valence-electron chi connectivity index (χ3n) is 3.46. The molecule has 5 nitrogen and oxygen atoms in total. The molecule has 0 radical (unpaired) electrons. The number of hydrogen-bond donors (Lipinski definition) is 0. The van der Waals surface area contributed by atoms with Crippen LogP contribution in [0.4, 0.5) is 4.79 Å². The van der Waals surface area contributed by atoms with Crippen LogP contribution >= 0.6 is 0 Å². The minimum atomic E-state index is -0.737. The first kappa shape index (κ1) is 18.5. The number of carbonyl (C=O) groups is 2. The Bertz CT molecular complexity index is 689. The molecule has 0 fully saturated rings. The van der Waals surface area contributed by atoms with Gasteiger partial charge in [0.25, 0.3) is 0 Å². The summed E-state index contributed by atoms with van der Waals surface area (Å²) in [4.78, 5) is 23.9. The van der Waals surface area contributed by atoms with E-state index < -0.39 is 6.16 Å². The second-order valence-electron chi connectivity index (χ2n) is 5.36. The van der Waals surface area contributed by atoms with Crippen molar-refractivity contribution in [1.29, 1.82) is 0 Å². The van der Waals surface area contributed by atoms with Gasteiger partial charge in [-0.2, -0.15) is 0 Å². The van der Waals surface area contributed by atoms with Crippen LogP contribution in [0.2, 0.25) is 0 Å². The summed E-state index contributed by atoms with van der Waals surface area (Å²) in [6, 6.07) is 13.4. The lowest BCUT2D eigenvalue weighted by molar-refractivity contribution is 0.0978. The zero-order valence-electron chi connectivity index (χ0n) is 14.5. The normalized spacial score (nSPS) is 10.2. The Balaban J connectivity index is 1.96. The number of hydrogen-bond acceptors (Lipinski definition) is 5. The van der Waals surface area contributed by atoms with Crippen LogP contribution in [0.15, 0.2) is 48.5 Å². The summed E-state index contributed by atoms with van der Waals surface area (Å²) in [7, 11) is 0. The largest absolute Gasteiger partial charge is 0.513 e. The van der Waals surface area contributed by atoms with Crippen LogP contribution < -0.4 is 9.47 Å². The van der Waals surface area contributed by atoms with Crippen molar-refractivity contribution in [3.8, 4) is 11.5 Å². The highest BCUT2D eigenvalue weighted by Crippen LogP contribution is 2.18. The van der Waals surface area contributed by atoms with E-state index in [4.69, 9.17) is 14.2 Å². The average Bonchev–Trinajstić information content (AvgIpc) is 2.63. The molecule has 2 rings (SSSR count). The molecule has 25 heavy (non-hydrogen) atoms. The van der Waals surface area contributed by atoms with E-state index >= 15 is 0 Å². The zero-order chi connectivity index (χ0) is 18.1. The van der Waals surface area contributed by atoms with Gasteiger partial charge in [-0.25, -0.2) is 4.79 Å². The highest BCUT2D eigenvalue weighted by molar-refractivity contribution is 6.09. The fourth-order valence-electron chi connectivity index (χ4n) is 2.14. The monoisotopic (exact) mass is 342 g/mol. The molecule has 2 aromatic rings. The molecule has 5 heteroatoms. The molecule has 0 aliphatic rings. The zero-order valence-corrected chi connectivity index (χ0v) is 14.5. The molecule has 0 saturated heterocycles. The highest BCUT2D eigenvalue weighted by atomic mass is 16.7. The van der Waals surface area contributed by atoms with Gasteiger partial charge in [-0.3, -0.25) is 4.79 Å². The maximum Gasteiger partial charge on any atom is 0.513 e. The topological polar surface area (TPSA) is 61.8 Å². The molecule has 0 N–H and O–H groups in total. The minimum absolute atomic E-state index is 0.111. The Morgan fingerprint density at radius 3 is 1.92 bits per heavy atom. The quantitative estimate of drug-likeness (QED) is 0.303. The van der Waals surface area contributed by atoms with E-state index in [2.05, 4.69) is 0 Å². The van der Waals surface area contributed by atoms with Crippen molar-refractivity contribution < 1.29 is 23.8 Å². The van der Waals surface area contributed by atoms with Crippen LogP contribution in [0.5, 0.6) is 11.5 Å². The molecule has 0 saturated carbocycles. The second-order valence-corrected chi connectivity index (χ2v) is 5.36. The van der Waals surface area contributed by atoms with Gasteiger partial charge in [0.2, 0.25) is 0 Å². The van der Waals surface area contributed by atoms with E-state index in [0.29, 0.717) is 30.1 Å². The highest BCUT2D eigenvalue weighted by Gasteiger charge is 2.11. The van der Waals surface area contributed by atoms with Gasteiger partial charge in [0.15, 0.2) is 5.78 Å². The smallest absolute Gasteiger partial charge is 0.494 e. The van der Waals surface area contributed by atoms with Gasteiger partial charge in [-0.1, -0.05) is 13.3 Å². The SMILES string of the molecule is CCCCOC(=O)Oc1ccc(C(=O)c2ccc(OCC)cc2)cc1. The summed E-state index contributed by atoms with van der Waals surface area (Å²) in [5, 5.41) is 0. The van der Waals surface area contributed by atoms with Crippen LogP contribution in [-0.2, 0) is 4.74 Å². The van der Waals surface area contributed by atoms with Crippen LogP contribution in [0.3, 0.4) is 0 Å². The summed E-state index contributed by atoms with van der Waals surface area (Å²) in [6.45, 7) is 4.83. The Morgan fingerprint density at radius 2 is 1.40 bits per heavy atom. The molecule has 0 bridgehead atoms. The molecule has 0 aromatic heterocycles. The lowest BCUT2D eigenvalue weighted by Gasteiger charge is -2.07. The van der Waals surface area contributed by atoms with E-state index in [1.807, 2.05) is 13.8 Å². The maximum atomic E-state index is 12.5. The van der Waals surface area contributed by atoms with E-state index in [0.717, 1.165) is 18.6 Å². The Kier molecular flexibility index (Phi) is 7.01. The first-order valence-corrected chi connectivity index (χ1v) is 8.36. The van der Waals surface area contributed by atoms with Crippen molar-refractivity contribution >= 4 is 11.9 Å². The molecule has 0 atom stereocenters. The predicted octanol–water partition coefficient (Wildman–Crippen LogP) is 4.63. The first-order chi connectivity index (χ1) is 12.1. The van der Waals surface area contributed by atoms with Gasteiger partial charge in [-0.15, -0.1) is 0 Å². The molecule has 0 aliphatic heterocycles. The molecule has 0 spiro atoms. The van der Waals surface area contributed by atoms with Crippen LogP contribution in [0, 0.1) is 0 Å². The third kappa shape index (κ3) is 5.64. The van der Waals surface area contributed by atoms with Crippen molar-refractivity contribution in [3.05, 3.63) is 59.7 Å². The average molecular weight is 342 g/mol. The number of ketones is 1. The van der Waals surface area contributed by atoms with Crippen LogP contribution in [-0.4, -0.2) is 25.2 Å². The van der Waals surface area contributed by atoms with Gasteiger partial charge in [-0.05, 0) is 61.9 Å². The van der Waals surface area contributed by atoms with Gasteiger partial charge >= 0.3 is 6.16 Å². The van der Waals surface area contributed by atoms with Crippen LogP contribution in [0.1, 0.15) is 42.6 Å². The number of benzene rings is 2. The summed E-state index contributed by atoms with van der Waals surface area (Å²) in [5.74, 6) is 0.953. The van der Waals surface area contributed by atoms with Crippen molar-refractivity contribution in [2.24, 2.45) is 0 Å². The summed E-state index contributed by atoms with van der Waals surface area (Å²) >= 11 is 0. The summed E-state index contributed by atoms with van der Waals surface area (Å²) < 4.78 is 15.3. The van der Waals surface area contributed by atoms with Crippen LogP contribution in [0.25, 0.3) is 0 Å². The van der Waals surface area contributed by atoms with E-state index in [-0.39, 0.29) is 5.78 Å². The number of rotatable bonds is 8. The predicted molar refractivity (Wildman–Crippen MR) is 94.4 cm³/mol. The molecule has 2 aromatic carbocycles. The summed E-state index contributed by atoms with van der Waals surface area (Å²) in [6.07, 6.45) is 0.999. The molecule has 0 amide bonds. The lowest BCUT2D eigenvalue weighted by atomic mass is 10.0. The van der Waals surface area contributed by atoms with Crippen molar-refractivity contribution in [3.63, 3.8) is 0 Å². The van der Waals surface area contributed by atoms with E-state index in [1.54, 1.807) is 48.5 Å². The molecular weight excluding hydrogens is 320 g/mol. The van der Waals surface area contributed by atoms with Crippen molar-refractivity contribution in [2.75, 3.05) is 13.2 Å². The molecule has 0 aliphatic carbocycles. The second kappa shape index (κ2) is 9.47. The molecular formula is C20H22O5. The van der Waals surface area contributed by atoms with Crippen molar-refractivity contribution in [1.82, 2.24) is 0 Å². The van der Waals surface area contributed by atoms with Gasteiger partial charge in [0.05, 0.1) is 13.2 Å². The molecule has 0 heterocycles. The van der Waals surface area contributed by atoms with E-state index in [1.165, 1.54) is 0 Å². The summed E-state index contributed by atoms with van der Waals surface area (Å²) in [5.41, 5.74) is 1.08. The standard InChI is InChI=1S/C20H22O5/c1-3-5-14-24-20(22)25-18-12-8-16(9-13-18)19(21)15-6-10-17(11-7-15)23-4-2/h6-13H,3-5,14H2,1-2H3. The molecule has 132 valence electrons.